The average molecular weight is 198 g/mol. The SMILES string of the molecule is Cc1cnc2c(-c3ccccn3)n[n-]n12. The summed E-state index contributed by atoms with van der Waals surface area (Å²) in [6.45, 7) is 1.94. The third-order valence-corrected chi connectivity index (χ3v) is 2.26. The third kappa shape index (κ3) is 1.13. The van der Waals surface area contributed by atoms with Gasteiger partial charge in [0.25, 0.3) is 0 Å². The van der Waals surface area contributed by atoms with Crippen LogP contribution in [-0.2, 0) is 0 Å². The van der Waals surface area contributed by atoms with Gasteiger partial charge in [-0.15, -0.1) is 0 Å². The second-order valence-corrected chi connectivity index (χ2v) is 3.29. The summed E-state index contributed by atoms with van der Waals surface area (Å²) in [4.78, 5) is 8.48. The predicted octanol–water partition coefficient (Wildman–Crippen LogP) is 1.06. The maximum absolute atomic E-state index is 4.25. The molecule has 15 heavy (non-hydrogen) atoms. The van der Waals surface area contributed by atoms with Crippen molar-refractivity contribution in [1.29, 1.82) is 0 Å². The smallest absolute Gasteiger partial charge is 0.146 e. The number of pyridine rings is 1. The minimum absolute atomic E-state index is 0.726. The number of aryl methyl sites for hydroxylation is 1. The Morgan fingerprint density at radius 3 is 3.00 bits per heavy atom. The molecule has 0 amide bonds. The lowest BCUT2D eigenvalue weighted by molar-refractivity contribution is 0.812. The molecule has 74 valence electrons. The molecule has 5 heteroatoms. The molecule has 0 saturated heterocycles. The summed E-state index contributed by atoms with van der Waals surface area (Å²) in [5.74, 6) is 0. The largest absolute Gasteiger partial charge is 0.506 e. The van der Waals surface area contributed by atoms with Crippen LogP contribution in [0.2, 0.25) is 0 Å². The molecular formula is C10H8N5-. The van der Waals surface area contributed by atoms with E-state index in [1.54, 1.807) is 16.9 Å². The summed E-state index contributed by atoms with van der Waals surface area (Å²) >= 11 is 0. The minimum Gasteiger partial charge on any atom is -0.506 e. The molecule has 0 aliphatic carbocycles. The van der Waals surface area contributed by atoms with E-state index in [4.69, 9.17) is 0 Å². The highest BCUT2D eigenvalue weighted by Gasteiger charge is 2.05. The van der Waals surface area contributed by atoms with E-state index in [2.05, 4.69) is 20.3 Å². The summed E-state index contributed by atoms with van der Waals surface area (Å²) in [5.41, 5.74) is 3.25. The molecule has 3 aromatic heterocycles. The number of nitrogens with zero attached hydrogens (tertiary/aromatic N) is 5. The molecule has 0 N–H and O–H groups in total. The van der Waals surface area contributed by atoms with E-state index >= 15 is 0 Å². The van der Waals surface area contributed by atoms with Gasteiger partial charge >= 0.3 is 0 Å². The van der Waals surface area contributed by atoms with E-state index in [0.717, 1.165) is 22.7 Å². The molecular weight excluding hydrogens is 190 g/mol. The highest BCUT2D eigenvalue weighted by atomic mass is 15.4. The molecule has 3 rings (SSSR count). The van der Waals surface area contributed by atoms with Crippen molar-refractivity contribution in [2.75, 3.05) is 0 Å². The summed E-state index contributed by atoms with van der Waals surface area (Å²) in [6.07, 6.45) is 3.51. The van der Waals surface area contributed by atoms with Crippen LogP contribution in [0, 0.1) is 6.92 Å². The molecule has 0 bridgehead atoms. The fourth-order valence-electron chi connectivity index (χ4n) is 1.51. The Bertz CT molecular complexity index is 593. The Hall–Kier alpha value is -2.17. The molecule has 0 atom stereocenters. The van der Waals surface area contributed by atoms with Crippen LogP contribution in [0.25, 0.3) is 17.0 Å². The molecule has 0 saturated carbocycles. The Balaban J connectivity index is 2.28. The van der Waals surface area contributed by atoms with Crippen molar-refractivity contribution in [1.82, 2.24) is 24.8 Å². The predicted molar refractivity (Wildman–Crippen MR) is 54.3 cm³/mol. The van der Waals surface area contributed by atoms with Crippen LogP contribution in [0.3, 0.4) is 0 Å². The maximum atomic E-state index is 4.25. The minimum atomic E-state index is 0.726. The molecule has 0 aliphatic rings. The van der Waals surface area contributed by atoms with E-state index in [0.29, 0.717) is 0 Å². The molecule has 0 aliphatic heterocycles. The van der Waals surface area contributed by atoms with Crippen LogP contribution in [0.15, 0.2) is 30.6 Å². The molecule has 0 radical (unpaired) electrons. The van der Waals surface area contributed by atoms with Gasteiger partial charge in [0.05, 0.1) is 5.69 Å². The zero-order valence-corrected chi connectivity index (χ0v) is 8.12. The van der Waals surface area contributed by atoms with Crippen molar-refractivity contribution < 1.29 is 0 Å². The van der Waals surface area contributed by atoms with Gasteiger partial charge in [-0.05, 0) is 19.1 Å². The lowest BCUT2D eigenvalue weighted by Gasteiger charge is -1.95. The van der Waals surface area contributed by atoms with E-state index in [-0.39, 0.29) is 0 Å². The van der Waals surface area contributed by atoms with Crippen molar-refractivity contribution in [3.63, 3.8) is 0 Å². The Morgan fingerprint density at radius 2 is 2.20 bits per heavy atom. The van der Waals surface area contributed by atoms with Crippen LogP contribution in [0.4, 0.5) is 0 Å². The normalized spacial score (nSPS) is 11.0. The van der Waals surface area contributed by atoms with Gasteiger partial charge in [0.15, 0.2) is 0 Å². The van der Waals surface area contributed by atoms with Gasteiger partial charge in [-0.2, -0.15) is 0 Å². The molecule has 0 unspecified atom stereocenters. The van der Waals surface area contributed by atoms with E-state index in [1.165, 1.54) is 0 Å². The second kappa shape index (κ2) is 2.91. The topological polar surface area (TPSA) is 57.2 Å². The third-order valence-electron chi connectivity index (χ3n) is 2.26. The fourth-order valence-corrected chi connectivity index (χ4v) is 1.51. The molecule has 0 aromatic carbocycles. The highest BCUT2D eigenvalue weighted by Crippen LogP contribution is 2.18. The molecule has 3 heterocycles. The Labute approximate surface area is 85.8 Å². The second-order valence-electron chi connectivity index (χ2n) is 3.29. The van der Waals surface area contributed by atoms with Crippen LogP contribution >= 0.6 is 0 Å². The molecule has 0 spiro atoms. The zero-order chi connectivity index (χ0) is 10.3. The van der Waals surface area contributed by atoms with Gasteiger partial charge < -0.3 is 14.8 Å². The number of imidazole rings is 1. The zero-order valence-electron chi connectivity index (χ0n) is 8.12. The summed E-state index contributed by atoms with van der Waals surface area (Å²) in [5, 5.41) is 8.09. The summed E-state index contributed by atoms with van der Waals surface area (Å²) in [6, 6.07) is 5.69. The number of aromatic nitrogens is 5. The quantitative estimate of drug-likeness (QED) is 0.586. The van der Waals surface area contributed by atoms with Gasteiger partial charge in [-0.3, -0.25) is 4.98 Å². The fraction of sp³-hybridized carbons (Fsp3) is 0.100. The first-order valence-electron chi connectivity index (χ1n) is 4.61. The van der Waals surface area contributed by atoms with Gasteiger partial charge in [0.2, 0.25) is 0 Å². The van der Waals surface area contributed by atoms with Crippen LogP contribution in [-0.4, -0.2) is 19.6 Å². The summed E-state index contributed by atoms with van der Waals surface area (Å²) in [7, 11) is 0. The van der Waals surface area contributed by atoms with Gasteiger partial charge in [-0.25, -0.2) is 4.98 Å². The standard InChI is InChI=1S/C10H8N5/c1-7-6-12-10-9(13-14-15(7)10)8-4-2-3-5-11-8/h2-6H,1H3/q-1. The van der Waals surface area contributed by atoms with Gasteiger partial charge in [-0.1, -0.05) is 6.07 Å². The van der Waals surface area contributed by atoms with Gasteiger partial charge in [0.1, 0.15) is 11.3 Å². The first kappa shape index (κ1) is 8.16. The summed E-state index contributed by atoms with van der Waals surface area (Å²) < 4.78 is 1.71. The number of hydrogen-bond acceptors (Lipinski definition) is 3. The molecule has 3 aromatic rings. The lowest BCUT2D eigenvalue weighted by Crippen LogP contribution is -1.88. The first-order valence-corrected chi connectivity index (χ1v) is 4.61. The van der Waals surface area contributed by atoms with Crippen LogP contribution in [0.1, 0.15) is 5.69 Å². The maximum Gasteiger partial charge on any atom is 0.146 e. The van der Waals surface area contributed by atoms with Crippen molar-refractivity contribution in [2.45, 2.75) is 6.92 Å². The first-order chi connectivity index (χ1) is 7.36. The van der Waals surface area contributed by atoms with Crippen molar-refractivity contribution in [3.8, 4) is 11.4 Å². The van der Waals surface area contributed by atoms with Crippen molar-refractivity contribution in [2.24, 2.45) is 0 Å². The Kier molecular flexibility index (Phi) is 1.58. The highest BCUT2D eigenvalue weighted by molar-refractivity contribution is 5.70. The average Bonchev–Trinajstić information content (AvgIpc) is 2.83. The van der Waals surface area contributed by atoms with E-state index in [1.807, 2.05) is 25.1 Å². The number of rotatable bonds is 1. The van der Waals surface area contributed by atoms with Gasteiger partial charge in [0, 0.05) is 18.1 Å². The van der Waals surface area contributed by atoms with E-state index < -0.39 is 0 Å². The van der Waals surface area contributed by atoms with Crippen LogP contribution < -0.4 is 5.21 Å². The van der Waals surface area contributed by atoms with E-state index in [9.17, 15) is 0 Å². The Morgan fingerprint density at radius 1 is 1.27 bits per heavy atom. The number of fused-ring (bicyclic) bond motifs is 1. The van der Waals surface area contributed by atoms with Crippen LogP contribution in [0.5, 0.6) is 0 Å². The molecule has 5 nitrogen and oxygen atoms in total. The number of hydrogen-bond donors (Lipinski definition) is 0. The molecule has 0 fully saturated rings. The van der Waals surface area contributed by atoms with Crippen molar-refractivity contribution >= 4 is 5.65 Å². The lowest BCUT2D eigenvalue weighted by atomic mass is 10.3. The van der Waals surface area contributed by atoms with Crippen molar-refractivity contribution in [3.05, 3.63) is 36.3 Å². The monoisotopic (exact) mass is 198 g/mol.